The smallest absolute Gasteiger partial charge is 0.306 e. The average Bonchev–Trinajstić information content (AvgIpc) is 3.27. The summed E-state index contributed by atoms with van der Waals surface area (Å²) in [5.41, 5.74) is 0. The molecule has 0 fully saturated rings. The highest BCUT2D eigenvalue weighted by Crippen LogP contribution is 2.12. The molecule has 1 atom stereocenters. The summed E-state index contributed by atoms with van der Waals surface area (Å²) in [6.45, 7) is 6.23. The number of hydrogen-bond donors (Lipinski definition) is 0. The van der Waals surface area contributed by atoms with Crippen LogP contribution in [0.5, 0.6) is 0 Å². The fraction of sp³-hybridized carbons (Fsp3) is 0.554. The van der Waals surface area contributed by atoms with Crippen molar-refractivity contribution in [2.75, 3.05) is 13.2 Å². The van der Waals surface area contributed by atoms with Crippen molar-refractivity contribution >= 4 is 17.9 Å². The predicted octanol–water partition coefficient (Wildman–Crippen LogP) is 15.9. The van der Waals surface area contributed by atoms with Gasteiger partial charge in [0, 0.05) is 19.3 Å². The van der Waals surface area contributed by atoms with Crippen molar-refractivity contribution in [2.24, 2.45) is 0 Å². The maximum absolute atomic E-state index is 12.8. The summed E-state index contributed by atoms with van der Waals surface area (Å²) in [4.78, 5) is 37.9. The van der Waals surface area contributed by atoms with Crippen LogP contribution in [-0.4, -0.2) is 37.2 Å². The Labute approximate surface area is 379 Å². The Morgan fingerprint density at radius 1 is 0.339 bits per heavy atom. The van der Waals surface area contributed by atoms with Crippen LogP contribution in [0.1, 0.15) is 181 Å². The zero-order valence-corrected chi connectivity index (χ0v) is 39.3. The number of unbranched alkanes of at least 4 members (excludes halogenated alkanes) is 16. The molecule has 0 N–H and O–H groups in total. The van der Waals surface area contributed by atoms with Crippen LogP contribution in [0.25, 0.3) is 0 Å². The quantitative estimate of drug-likeness (QED) is 0.0200. The SMILES string of the molecule is CC\C=C/C=C\C=C/C=C\C=C/CCCCCC(=O)OCC(COC(=O)CCCCC/C=C\CCCCCCCCC)OC(=O)CCCCC\C=C/C=C\C=C/C=C\C=C/CC. The third-order valence-corrected chi connectivity index (χ3v) is 9.63. The van der Waals surface area contributed by atoms with Gasteiger partial charge in [0.1, 0.15) is 13.2 Å². The first-order chi connectivity index (χ1) is 30.5. The highest BCUT2D eigenvalue weighted by atomic mass is 16.6. The first kappa shape index (κ1) is 57.5. The summed E-state index contributed by atoms with van der Waals surface area (Å²) >= 11 is 0. The Bertz CT molecular complexity index is 1400. The molecule has 62 heavy (non-hydrogen) atoms. The van der Waals surface area contributed by atoms with E-state index in [0.717, 1.165) is 89.9 Å². The molecule has 6 heteroatoms. The van der Waals surface area contributed by atoms with Crippen LogP contribution in [0.3, 0.4) is 0 Å². The van der Waals surface area contributed by atoms with Crippen molar-refractivity contribution in [1.29, 1.82) is 0 Å². The molecule has 0 bridgehead atoms. The van der Waals surface area contributed by atoms with E-state index in [-0.39, 0.29) is 37.5 Å². The van der Waals surface area contributed by atoms with Gasteiger partial charge < -0.3 is 14.2 Å². The van der Waals surface area contributed by atoms with Gasteiger partial charge in [0.05, 0.1) is 0 Å². The van der Waals surface area contributed by atoms with E-state index in [9.17, 15) is 14.4 Å². The van der Waals surface area contributed by atoms with E-state index in [2.05, 4.69) is 57.2 Å². The molecule has 0 aromatic carbocycles. The van der Waals surface area contributed by atoms with Crippen LogP contribution in [0, 0.1) is 0 Å². The molecule has 0 spiro atoms. The lowest BCUT2D eigenvalue weighted by atomic mass is 10.1. The van der Waals surface area contributed by atoms with Gasteiger partial charge in [-0.2, -0.15) is 0 Å². The minimum absolute atomic E-state index is 0.123. The number of allylic oxidation sites excluding steroid dienone is 22. The molecular formula is C56H86O6. The summed E-state index contributed by atoms with van der Waals surface area (Å²) in [5, 5.41) is 0. The zero-order valence-electron chi connectivity index (χ0n) is 39.3. The van der Waals surface area contributed by atoms with E-state index in [1.807, 2.05) is 97.2 Å². The largest absolute Gasteiger partial charge is 0.462 e. The summed E-state index contributed by atoms with van der Waals surface area (Å²) in [6.07, 6.45) is 68.6. The molecule has 0 aromatic rings. The van der Waals surface area contributed by atoms with Gasteiger partial charge in [-0.15, -0.1) is 0 Å². The molecular weight excluding hydrogens is 769 g/mol. The number of esters is 3. The number of ether oxygens (including phenoxy) is 3. The standard InChI is InChI=1S/C56H86O6/c1-4-7-10-13-16-19-22-25-28-31-34-37-40-43-46-49-55(58)61-52-53(51-60-54(57)48-45-42-39-36-33-30-27-24-21-18-15-12-9-6-3)62-56(59)50-47-44-41-38-35-32-29-26-23-20-17-14-11-8-5-2/h7-8,10-11,13-14,16-17,19-20,22-23,25-26,28-35,53H,4-6,9,12,15,18,21,24,27,36-52H2,1-3H3/b10-7-,11-8-,16-13-,17-14-,22-19-,23-20-,28-25-,29-26-,33-30-,34-31-,35-32-. The normalized spacial score (nSPS) is 13.3. The lowest BCUT2D eigenvalue weighted by Gasteiger charge is -2.18. The number of carbonyl (C=O) groups is 3. The third-order valence-electron chi connectivity index (χ3n) is 9.63. The molecule has 6 nitrogen and oxygen atoms in total. The average molecular weight is 855 g/mol. The fourth-order valence-electron chi connectivity index (χ4n) is 6.01. The van der Waals surface area contributed by atoms with Crippen molar-refractivity contribution in [1.82, 2.24) is 0 Å². The maximum Gasteiger partial charge on any atom is 0.306 e. The van der Waals surface area contributed by atoms with Crippen molar-refractivity contribution in [3.8, 4) is 0 Å². The Hall–Kier alpha value is -4.45. The molecule has 0 saturated heterocycles. The molecule has 1 unspecified atom stereocenters. The predicted molar refractivity (Wildman–Crippen MR) is 265 cm³/mol. The first-order valence-electron chi connectivity index (χ1n) is 24.3. The molecule has 0 heterocycles. The topological polar surface area (TPSA) is 78.9 Å². The highest BCUT2D eigenvalue weighted by molar-refractivity contribution is 5.71. The Kier molecular flexibility index (Phi) is 45.7. The second-order valence-corrected chi connectivity index (χ2v) is 15.5. The van der Waals surface area contributed by atoms with E-state index in [4.69, 9.17) is 14.2 Å². The minimum atomic E-state index is -0.828. The van der Waals surface area contributed by atoms with Gasteiger partial charge in [-0.3, -0.25) is 14.4 Å². The molecule has 0 aliphatic heterocycles. The Morgan fingerprint density at radius 3 is 1.03 bits per heavy atom. The first-order valence-corrected chi connectivity index (χ1v) is 24.3. The molecule has 0 aliphatic rings. The van der Waals surface area contributed by atoms with Gasteiger partial charge in [0.25, 0.3) is 0 Å². The third kappa shape index (κ3) is 46.6. The van der Waals surface area contributed by atoms with Crippen LogP contribution in [0.4, 0.5) is 0 Å². The molecule has 0 amide bonds. The fourth-order valence-corrected chi connectivity index (χ4v) is 6.01. The van der Waals surface area contributed by atoms with Crippen LogP contribution in [0.2, 0.25) is 0 Å². The Balaban J connectivity index is 4.61. The summed E-state index contributed by atoms with van der Waals surface area (Å²) < 4.78 is 16.7. The van der Waals surface area contributed by atoms with Crippen LogP contribution in [0.15, 0.2) is 134 Å². The van der Waals surface area contributed by atoms with E-state index in [0.29, 0.717) is 19.3 Å². The van der Waals surface area contributed by atoms with E-state index >= 15 is 0 Å². The highest BCUT2D eigenvalue weighted by Gasteiger charge is 2.19. The van der Waals surface area contributed by atoms with Crippen molar-refractivity contribution in [3.63, 3.8) is 0 Å². The maximum atomic E-state index is 12.8. The second kappa shape index (κ2) is 49.2. The van der Waals surface area contributed by atoms with Gasteiger partial charge in [-0.05, 0) is 83.5 Å². The van der Waals surface area contributed by atoms with Gasteiger partial charge in [-0.25, -0.2) is 0 Å². The number of rotatable bonds is 41. The van der Waals surface area contributed by atoms with Crippen LogP contribution in [-0.2, 0) is 28.6 Å². The monoisotopic (exact) mass is 855 g/mol. The van der Waals surface area contributed by atoms with E-state index in [1.165, 1.54) is 44.9 Å². The summed E-state index contributed by atoms with van der Waals surface area (Å²) in [5.74, 6) is -1.03. The van der Waals surface area contributed by atoms with Gasteiger partial charge in [0.15, 0.2) is 6.10 Å². The second-order valence-electron chi connectivity index (χ2n) is 15.5. The zero-order chi connectivity index (χ0) is 45.1. The number of hydrogen-bond acceptors (Lipinski definition) is 6. The lowest BCUT2D eigenvalue weighted by Crippen LogP contribution is -2.30. The summed E-state index contributed by atoms with van der Waals surface area (Å²) in [7, 11) is 0. The van der Waals surface area contributed by atoms with Crippen LogP contribution < -0.4 is 0 Å². The van der Waals surface area contributed by atoms with Crippen LogP contribution >= 0.6 is 0 Å². The molecule has 0 aliphatic carbocycles. The van der Waals surface area contributed by atoms with E-state index < -0.39 is 6.10 Å². The van der Waals surface area contributed by atoms with Gasteiger partial charge >= 0.3 is 17.9 Å². The van der Waals surface area contributed by atoms with Crippen molar-refractivity contribution < 1.29 is 28.6 Å². The lowest BCUT2D eigenvalue weighted by molar-refractivity contribution is -0.167. The number of carbonyl (C=O) groups excluding carboxylic acids is 3. The minimum Gasteiger partial charge on any atom is -0.462 e. The van der Waals surface area contributed by atoms with Gasteiger partial charge in [0.2, 0.25) is 0 Å². The molecule has 346 valence electrons. The Morgan fingerprint density at radius 2 is 0.645 bits per heavy atom. The van der Waals surface area contributed by atoms with Crippen molar-refractivity contribution in [2.45, 2.75) is 187 Å². The summed E-state index contributed by atoms with van der Waals surface area (Å²) in [6, 6.07) is 0. The van der Waals surface area contributed by atoms with E-state index in [1.54, 1.807) is 0 Å². The molecule has 0 aromatic heterocycles. The van der Waals surface area contributed by atoms with Crippen molar-refractivity contribution in [3.05, 3.63) is 134 Å². The van der Waals surface area contributed by atoms with Gasteiger partial charge in [-0.1, -0.05) is 212 Å². The molecule has 0 saturated carbocycles. The molecule has 0 radical (unpaired) electrons. The molecule has 0 rings (SSSR count).